The molecule has 0 unspecified atom stereocenters. The number of anilines is 1. The van der Waals surface area contributed by atoms with Crippen molar-refractivity contribution in [2.75, 3.05) is 10.1 Å². The highest BCUT2D eigenvalue weighted by atomic mass is 32.2. The van der Waals surface area contributed by atoms with E-state index in [9.17, 15) is 13.5 Å². The van der Waals surface area contributed by atoms with E-state index in [1.807, 2.05) is 6.07 Å². The zero-order valence-corrected chi connectivity index (χ0v) is 11.5. The molecule has 1 aromatic carbocycles. The number of nitrogens with zero attached hydrogens (tertiary/aromatic N) is 1. The lowest BCUT2D eigenvalue weighted by Crippen LogP contribution is -2.28. The SMILES string of the molecule is CCSCc1ccc(N2C=CNS2(=O)=O)c(O)c1. The fraction of sp³-hybridized carbons (Fsp3) is 0.273. The summed E-state index contributed by atoms with van der Waals surface area (Å²) in [6.07, 6.45) is 2.68. The summed E-state index contributed by atoms with van der Waals surface area (Å²) in [6.45, 7) is 2.06. The maximum absolute atomic E-state index is 11.6. The van der Waals surface area contributed by atoms with Crippen LogP contribution < -0.4 is 9.03 Å². The van der Waals surface area contributed by atoms with Gasteiger partial charge in [0.15, 0.2) is 0 Å². The third kappa shape index (κ3) is 2.56. The summed E-state index contributed by atoms with van der Waals surface area (Å²) >= 11 is 1.74. The van der Waals surface area contributed by atoms with Crippen molar-refractivity contribution < 1.29 is 13.5 Å². The Bertz CT molecular complexity index is 570. The molecule has 0 radical (unpaired) electrons. The number of hydrogen-bond donors (Lipinski definition) is 2. The molecule has 0 spiro atoms. The van der Waals surface area contributed by atoms with Crippen molar-refractivity contribution in [2.45, 2.75) is 12.7 Å². The second-order valence-electron chi connectivity index (χ2n) is 3.69. The number of phenolic OH excluding ortho intramolecular Hbond substituents is 1. The normalized spacial score (nSPS) is 16.8. The van der Waals surface area contributed by atoms with Crippen molar-refractivity contribution in [1.29, 1.82) is 0 Å². The summed E-state index contributed by atoms with van der Waals surface area (Å²) in [5, 5.41) is 9.91. The Hall–Kier alpha value is -1.34. The van der Waals surface area contributed by atoms with Gasteiger partial charge in [-0.25, -0.2) is 4.31 Å². The Morgan fingerprint density at radius 1 is 1.44 bits per heavy atom. The van der Waals surface area contributed by atoms with Gasteiger partial charge in [-0.2, -0.15) is 20.2 Å². The first-order valence-electron chi connectivity index (χ1n) is 5.42. The van der Waals surface area contributed by atoms with E-state index in [2.05, 4.69) is 11.6 Å². The van der Waals surface area contributed by atoms with E-state index < -0.39 is 10.2 Å². The molecule has 0 atom stereocenters. The van der Waals surface area contributed by atoms with Crippen LogP contribution in [0.15, 0.2) is 30.6 Å². The quantitative estimate of drug-likeness (QED) is 0.885. The molecular formula is C11H14N2O3S2. The smallest absolute Gasteiger partial charge is 0.327 e. The van der Waals surface area contributed by atoms with E-state index >= 15 is 0 Å². The van der Waals surface area contributed by atoms with Crippen LogP contribution in [0.1, 0.15) is 12.5 Å². The van der Waals surface area contributed by atoms with Gasteiger partial charge in [0.1, 0.15) is 5.75 Å². The van der Waals surface area contributed by atoms with E-state index in [0.29, 0.717) is 0 Å². The van der Waals surface area contributed by atoms with Gasteiger partial charge in [-0.05, 0) is 23.4 Å². The Labute approximate surface area is 111 Å². The molecule has 0 amide bonds. The Morgan fingerprint density at radius 2 is 2.22 bits per heavy atom. The van der Waals surface area contributed by atoms with Crippen molar-refractivity contribution in [2.24, 2.45) is 0 Å². The van der Waals surface area contributed by atoms with Gasteiger partial charge in [0.05, 0.1) is 5.69 Å². The molecule has 0 aliphatic carbocycles. The zero-order valence-electron chi connectivity index (χ0n) is 9.83. The van der Waals surface area contributed by atoms with Gasteiger partial charge in [-0.1, -0.05) is 13.0 Å². The molecule has 7 heteroatoms. The van der Waals surface area contributed by atoms with E-state index in [1.54, 1.807) is 23.9 Å². The third-order valence-corrected chi connectivity index (χ3v) is 4.65. The van der Waals surface area contributed by atoms with Crippen LogP contribution in [0.25, 0.3) is 0 Å². The standard InChI is InChI=1S/C11H14N2O3S2/c1-2-17-8-9-3-4-10(11(14)7-9)13-6-5-12-18(13,15)16/h3-7,12,14H,2,8H2,1H3. The van der Waals surface area contributed by atoms with Gasteiger partial charge in [-0.15, -0.1) is 0 Å². The Balaban J connectivity index is 2.28. The lowest BCUT2D eigenvalue weighted by atomic mass is 10.2. The summed E-state index contributed by atoms with van der Waals surface area (Å²) in [5.41, 5.74) is 1.22. The second-order valence-corrected chi connectivity index (χ2v) is 6.55. The van der Waals surface area contributed by atoms with Crippen molar-refractivity contribution in [3.8, 4) is 5.75 Å². The van der Waals surface area contributed by atoms with Crippen molar-refractivity contribution >= 4 is 27.7 Å². The number of rotatable bonds is 4. The predicted octanol–water partition coefficient (Wildman–Crippen LogP) is 1.77. The van der Waals surface area contributed by atoms with Gasteiger partial charge >= 0.3 is 10.2 Å². The average Bonchev–Trinajstić information content (AvgIpc) is 2.66. The number of hydrogen-bond acceptors (Lipinski definition) is 4. The predicted molar refractivity (Wildman–Crippen MR) is 73.6 cm³/mol. The third-order valence-electron chi connectivity index (χ3n) is 2.44. The molecule has 1 aliphatic rings. The van der Waals surface area contributed by atoms with Crippen LogP contribution in [0.4, 0.5) is 5.69 Å². The number of nitrogens with one attached hydrogen (secondary N) is 1. The van der Waals surface area contributed by atoms with Gasteiger partial charge < -0.3 is 5.11 Å². The van der Waals surface area contributed by atoms with Crippen LogP contribution in [0.5, 0.6) is 5.75 Å². The van der Waals surface area contributed by atoms with Gasteiger partial charge in [-0.3, -0.25) is 4.72 Å². The van der Waals surface area contributed by atoms with Crippen molar-refractivity contribution in [3.63, 3.8) is 0 Å². The lowest BCUT2D eigenvalue weighted by Gasteiger charge is -2.16. The van der Waals surface area contributed by atoms with Gasteiger partial charge in [0.25, 0.3) is 0 Å². The fourth-order valence-electron chi connectivity index (χ4n) is 1.60. The molecule has 98 valence electrons. The maximum Gasteiger partial charge on any atom is 0.327 e. The van der Waals surface area contributed by atoms with E-state index in [4.69, 9.17) is 0 Å². The molecule has 0 fully saturated rings. The molecule has 5 nitrogen and oxygen atoms in total. The topological polar surface area (TPSA) is 69.6 Å². The molecule has 2 N–H and O–H groups in total. The summed E-state index contributed by atoms with van der Waals surface area (Å²) in [7, 11) is -3.59. The largest absolute Gasteiger partial charge is 0.506 e. The first kappa shape index (κ1) is 13.1. The average molecular weight is 286 g/mol. The number of thioether (sulfide) groups is 1. The first-order chi connectivity index (χ1) is 8.54. The molecule has 1 aromatic rings. The monoisotopic (exact) mass is 286 g/mol. The number of phenols is 1. The molecule has 1 heterocycles. The molecule has 1 aliphatic heterocycles. The van der Waals surface area contributed by atoms with Crippen LogP contribution in [0.3, 0.4) is 0 Å². The second kappa shape index (κ2) is 5.11. The molecule has 0 bridgehead atoms. The minimum atomic E-state index is -3.59. The summed E-state index contributed by atoms with van der Waals surface area (Å²) in [5.74, 6) is 1.75. The molecule has 0 saturated heterocycles. The van der Waals surface area contributed by atoms with Crippen molar-refractivity contribution in [1.82, 2.24) is 4.72 Å². The molecule has 0 saturated carbocycles. The Kier molecular flexibility index (Phi) is 3.72. The highest BCUT2D eigenvalue weighted by Gasteiger charge is 2.25. The van der Waals surface area contributed by atoms with Crippen LogP contribution in [0.2, 0.25) is 0 Å². The van der Waals surface area contributed by atoms with E-state index in [1.165, 1.54) is 12.4 Å². The minimum absolute atomic E-state index is 0.0406. The van der Waals surface area contributed by atoms with Crippen LogP contribution in [-0.4, -0.2) is 19.3 Å². The zero-order chi connectivity index (χ0) is 13.2. The lowest BCUT2D eigenvalue weighted by molar-refractivity contribution is 0.476. The fourth-order valence-corrected chi connectivity index (χ4v) is 3.20. The minimum Gasteiger partial charge on any atom is -0.506 e. The summed E-state index contributed by atoms with van der Waals surface area (Å²) < 4.78 is 26.5. The van der Waals surface area contributed by atoms with Crippen LogP contribution in [-0.2, 0) is 16.0 Å². The van der Waals surface area contributed by atoms with Gasteiger partial charge in [0.2, 0.25) is 0 Å². The number of benzene rings is 1. The molecular weight excluding hydrogens is 272 g/mol. The van der Waals surface area contributed by atoms with Gasteiger partial charge in [0, 0.05) is 18.2 Å². The summed E-state index contributed by atoms with van der Waals surface area (Å²) in [6, 6.07) is 5.02. The molecule has 2 rings (SSSR count). The first-order valence-corrected chi connectivity index (χ1v) is 8.02. The highest BCUT2D eigenvalue weighted by Crippen LogP contribution is 2.32. The van der Waals surface area contributed by atoms with E-state index in [0.717, 1.165) is 21.4 Å². The number of aromatic hydroxyl groups is 1. The highest BCUT2D eigenvalue weighted by molar-refractivity contribution is 7.98. The van der Waals surface area contributed by atoms with Crippen LogP contribution >= 0.6 is 11.8 Å². The summed E-state index contributed by atoms with van der Waals surface area (Å²) in [4.78, 5) is 0. The molecule has 0 aromatic heterocycles. The van der Waals surface area contributed by atoms with Crippen molar-refractivity contribution in [3.05, 3.63) is 36.2 Å². The Morgan fingerprint density at radius 3 is 2.78 bits per heavy atom. The molecule has 18 heavy (non-hydrogen) atoms. The van der Waals surface area contributed by atoms with E-state index in [-0.39, 0.29) is 11.4 Å². The van der Waals surface area contributed by atoms with Crippen LogP contribution in [0, 0.1) is 0 Å². The maximum atomic E-state index is 11.6.